The van der Waals surface area contributed by atoms with Crippen LogP contribution >= 0.6 is 11.8 Å². The molecule has 0 atom stereocenters. The van der Waals surface area contributed by atoms with Crippen LogP contribution in [0.2, 0.25) is 0 Å². The molecule has 3 heteroatoms. The first kappa shape index (κ1) is 8.91. The average molecular weight is 173 g/mol. The van der Waals surface area contributed by atoms with Gasteiger partial charge in [-0.3, -0.25) is 4.79 Å². The normalized spacial score (nSPS) is 20.0. The Morgan fingerprint density at radius 1 is 1.55 bits per heavy atom. The highest BCUT2D eigenvalue weighted by molar-refractivity contribution is 8.01. The van der Waals surface area contributed by atoms with Crippen molar-refractivity contribution in [3.05, 3.63) is 0 Å². The van der Waals surface area contributed by atoms with Gasteiger partial charge in [-0.15, -0.1) is 11.8 Å². The topological polar surface area (TPSA) is 29.1 Å². The molecule has 0 spiro atoms. The molecule has 0 heterocycles. The second-order valence-corrected chi connectivity index (χ2v) is 4.52. The first-order valence-corrected chi connectivity index (χ1v) is 5.19. The van der Waals surface area contributed by atoms with E-state index in [-0.39, 0.29) is 16.7 Å². The fourth-order valence-corrected chi connectivity index (χ4v) is 1.79. The lowest BCUT2D eigenvalue weighted by Crippen LogP contribution is -2.38. The van der Waals surface area contributed by atoms with E-state index in [0.29, 0.717) is 0 Å². The Hall–Kier alpha value is -0.180. The lowest BCUT2D eigenvalue weighted by Gasteiger charge is -2.14. The summed E-state index contributed by atoms with van der Waals surface area (Å²) in [5.41, 5.74) is 0. The van der Waals surface area contributed by atoms with Crippen molar-refractivity contribution in [2.45, 2.75) is 37.5 Å². The molecule has 1 N–H and O–H groups in total. The largest absolute Gasteiger partial charge is 0.353 e. The quantitative estimate of drug-likeness (QED) is 0.699. The maximum atomic E-state index is 11.4. The molecule has 0 saturated heterocycles. The molecule has 0 bridgehead atoms. The van der Waals surface area contributed by atoms with Gasteiger partial charge in [0.25, 0.3) is 0 Å². The first-order valence-electron chi connectivity index (χ1n) is 3.97. The van der Waals surface area contributed by atoms with E-state index < -0.39 is 0 Å². The summed E-state index contributed by atoms with van der Waals surface area (Å²) in [4.78, 5) is 11.4. The molecule has 0 aromatic heterocycles. The molecule has 1 aliphatic rings. The van der Waals surface area contributed by atoms with Crippen molar-refractivity contribution in [2.75, 3.05) is 6.26 Å². The second kappa shape index (κ2) is 3.05. The molecule has 11 heavy (non-hydrogen) atoms. The van der Waals surface area contributed by atoms with Gasteiger partial charge < -0.3 is 5.32 Å². The third-order valence-corrected chi connectivity index (χ3v) is 3.30. The SMILES string of the molecule is CSC1(C(=O)NC(C)C)CC1. The van der Waals surface area contributed by atoms with Crippen LogP contribution in [0.25, 0.3) is 0 Å². The molecule has 0 radical (unpaired) electrons. The summed E-state index contributed by atoms with van der Waals surface area (Å²) in [6.07, 6.45) is 4.10. The van der Waals surface area contributed by atoms with Crippen LogP contribution in [0.5, 0.6) is 0 Å². The van der Waals surface area contributed by atoms with Gasteiger partial charge >= 0.3 is 0 Å². The highest BCUT2D eigenvalue weighted by Gasteiger charge is 2.49. The molecule has 1 rings (SSSR count). The van der Waals surface area contributed by atoms with E-state index in [0.717, 1.165) is 12.8 Å². The fraction of sp³-hybridized carbons (Fsp3) is 0.875. The Morgan fingerprint density at radius 2 is 2.09 bits per heavy atom. The maximum absolute atomic E-state index is 11.4. The van der Waals surface area contributed by atoms with E-state index in [4.69, 9.17) is 0 Å². The van der Waals surface area contributed by atoms with E-state index in [1.165, 1.54) is 0 Å². The Labute approximate surface area is 72.1 Å². The summed E-state index contributed by atoms with van der Waals surface area (Å²) >= 11 is 1.68. The van der Waals surface area contributed by atoms with Crippen molar-refractivity contribution < 1.29 is 4.79 Å². The summed E-state index contributed by atoms with van der Waals surface area (Å²) in [6.45, 7) is 3.99. The van der Waals surface area contributed by atoms with Gasteiger partial charge in [-0.05, 0) is 32.9 Å². The highest BCUT2D eigenvalue weighted by atomic mass is 32.2. The van der Waals surface area contributed by atoms with Crippen molar-refractivity contribution >= 4 is 17.7 Å². The van der Waals surface area contributed by atoms with Crippen LogP contribution in [0.15, 0.2) is 0 Å². The maximum Gasteiger partial charge on any atom is 0.236 e. The van der Waals surface area contributed by atoms with Crippen molar-refractivity contribution in [3.63, 3.8) is 0 Å². The molecule has 1 aliphatic carbocycles. The van der Waals surface area contributed by atoms with Crippen LogP contribution in [-0.2, 0) is 4.79 Å². The zero-order valence-corrected chi connectivity index (χ0v) is 8.12. The van der Waals surface area contributed by atoms with Crippen molar-refractivity contribution in [1.29, 1.82) is 0 Å². The standard InChI is InChI=1S/C8H15NOS/c1-6(2)9-7(10)8(11-3)4-5-8/h6H,4-5H2,1-3H3,(H,9,10). The van der Waals surface area contributed by atoms with Crippen molar-refractivity contribution in [1.82, 2.24) is 5.32 Å². The van der Waals surface area contributed by atoms with Crippen molar-refractivity contribution in [3.8, 4) is 0 Å². The molecule has 0 aliphatic heterocycles. The van der Waals surface area contributed by atoms with Gasteiger partial charge in [0, 0.05) is 6.04 Å². The number of carbonyl (C=O) groups excluding carboxylic acids is 1. The van der Waals surface area contributed by atoms with Gasteiger partial charge in [0.15, 0.2) is 0 Å². The summed E-state index contributed by atoms with van der Waals surface area (Å²) in [6, 6.07) is 0.270. The molecule has 0 aromatic rings. The average Bonchev–Trinajstić information content (AvgIpc) is 2.65. The fourth-order valence-electron chi connectivity index (χ4n) is 1.03. The number of thioether (sulfide) groups is 1. The Kier molecular flexibility index (Phi) is 2.47. The highest BCUT2D eigenvalue weighted by Crippen LogP contribution is 2.47. The van der Waals surface area contributed by atoms with E-state index in [9.17, 15) is 4.79 Å². The van der Waals surface area contributed by atoms with Crippen LogP contribution in [0.4, 0.5) is 0 Å². The molecule has 64 valence electrons. The van der Waals surface area contributed by atoms with E-state index >= 15 is 0 Å². The van der Waals surface area contributed by atoms with E-state index in [1.54, 1.807) is 11.8 Å². The zero-order valence-electron chi connectivity index (χ0n) is 7.31. The van der Waals surface area contributed by atoms with Crippen LogP contribution < -0.4 is 5.32 Å². The predicted molar refractivity (Wildman–Crippen MR) is 48.8 cm³/mol. The molecule has 0 aromatic carbocycles. The van der Waals surface area contributed by atoms with Gasteiger partial charge in [-0.1, -0.05) is 0 Å². The molecule has 0 unspecified atom stereocenters. The lowest BCUT2D eigenvalue weighted by molar-refractivity contribution is -0.121. The molecular formula is C8H15NOS. The number of hydrogen-bond acceptors (Lipinski definition) is 2. The minimum absolute atomic E-state index is 0.0513. The van der Waals surface area contributed by atoms with Gasteiger partial charge in [0.05, 0.1) is 4.75 Å². The molecule has 2 nitrogen and oxygen atoms in total. The minimum Gasteiger partial charge on any atom is -0.353 e. The Bertz CT molecular complexity index is 163. The second-order valence-electron chi connectivity index (χ2n) is 3.33. The number of rotatable bonds is 3. The lowest BCUT2D eigenvalue weighted by atomic mass is 10.3. The van der Waals surface area contributed by atoms with Crippen molar-refractivity contribution in [2.24, 2.45) is 0 Å². The Balaban J connectivity index is 2.41. The monoisotopic (exact) mass is 173 g/mol. The molecule has 1 saturated carbocycles. The van der Waals surface area contributed by atoms with Gasteiger partial charge in [-0.2, -0.15) is 0 Å². The van der Waals surface area contributed by atoms with Crippen LogP contribution in [0, 0.1) is 0 Å². The van der Waals surface area contributed by atoms with Gasteiger partial charge in [-0.25, -0.2) is 0 Å². The number of nitrogens with one attached hydrogen (secondary N) is 1. The summed E-state index contributed by atoms with van der Waals surface area (Å²) in [5, 5.41) is 2.94. The summed E-state index contributed by atoms with van der Waals surface area (Å²) in [7, 11) is 0. The summed E-state index contributed by atoms with van der Waals surface area (Å²) in [5.74, 6) is 0.222. The van der Waals surface area contributed by atoms with Gasteiger partial charge in [0.1, 0.15) is 0 Å². The third-order valence-electron chi connectivity index (χ3n) is 1.93. The minimum atomic E-state index is -0.0513. The van der Waals surface area contributed by atoms with Crippen LogP contribution in [-0.4, -0.2) is 23.0 Å². The molecule has 1 amide bonds. The Morgan fingerprint density at radius 3 is 2.36 bits per heavy atom. The summed E-state index contributed by atoms with van der Waals surface area (Å²) < 4.78 is -0.0513. The molecular weight excluding hydrogens is 158 g/mol. The zero-order chi connectivity index (χ0) is 8.48. The number of carbonyl (C=O) groups is 1. The smallest absolute Gasteiger partial charge is 0.236 e. The number of hydrogen-bond donors (Lipinski definition) is 1. The van der Waals surface area contributed by atoms with Crippen LogP contribution in [0.1, 0.15) is 26.7 Å². The van der Waals surface area contributed by atoms with Crippen LogP contribution in [0.3, 0.4) is 0 Å². The van der Waals surface area contributed by atoms with E-state index in [2.05, 4.69) is 5.32 Å². The number of amides is 1. The van der Waals surface area contributed by atoms with Gasteiger partial charge in [0.2, 0.25) is 5.91 Å². The van der Waals surface area contributed by atoms with E-state index in [1.807, 2.05) is 20.1 Å². The molecule has 1 fully saturated rings. The predicted octanol–water partition coefficient (Wildman–Crippen LogP) is 1.41. The third kappa shape index (κ3) is 1.89. The first-order chi connectivity index (χ1) is 5.10.